The first-order valence-corrected chi connectivity index (χ1v) is 8.28. The molecule has 128 valence electrons. The Morgan fingerprint density at radius 3 is 2.72 bits per heavy atom. The second kappa shape index (κ2) is 7.30. The number of nitrogens with one attached hydrogen (secondary N) is 1. The molecular weight excluding hydrogens is 315 g/mol. The van der Waals surface area contributed by atoms with Crippen LogP contribution < -0.4 is 11.1 Å². The molecule has 5 heteroatoms. The Bertz CT molecular complexity index is 893. The molecule has 0 aliphatic carbocycles. The van der Waals surface area contributed by atoms with Crippen molar-refractivity contribution in [2.45, 2.75) is 26.8 Å². The lowest BCUT2D eigenvalue weighted by Gasteiger charge is -2.14. The number of anilines is 2. The Kier molecular flexibility index (Phi) is 4.93. The van der Waals surface area contributed by atoms with Gasteiger partial charge in [-0.3, -0.25) is 0 Å². The third-order valence-electron chi connectivity index (χ3n) is 4.21. The summed E-state index contributed by atoms with van der Waals surface area (Å²) in [6, 6.07) is 12.7. The smallest absolute Gasteiger partial charge is 0.153 e. The molecule has 0 saturated carbocycles. The summed E-state index contributed by atoms with van der Waals surface area (Å²) in [5, 5.41) is 3.28. The molecule has 0 bridgehead atoms. The standard InChI is InChI=1S/C20H21FN4/c1-3-19-23-12-18(22)20(25-19)24-11-15-7-5-9-17(13(15)2)14-6-4-8-16(21)10-14/h4-10,12H,3,11,22H2,1-2H3,(H,23,24,25). The zero-order chi connectivity index (χ0) is 17.8. The third kappa shape index (κ3) is 3.76. The van der Waals surface area contributed by atoms with Crippen LogP contribution in [0.5, 0.6) is 0 Å². The molecule has 0 saturated heterocycles. The quantitative estimate of drug-likeness (QED) is 0.727. The van der Waals surface area contributed by atoms with E-state index in [2.05, 4.69) is 15.3 Å². The van der Waals surface area contributed by atoms with Crippen LogP contribution in [0, 0.1) is 12.7 Å². The molecule has 0 amide bonds. The van der Waals surface area contributed by atoms with Gasteiger partial charge in [0.15, 0.2) is 5.82 Å². The molecule has 3 aromatic rings. The minimum absolute atomic E-state index is 0.235. The topological polar surface area (TPSA) is 63.8 Å². The normalized spacial score (nSPS) is 10.7. The van der Waals surface area contributed by atoms with E-state index in [1.54, 1.807) is 18.3 Å². The summed E-state index contributed by atoms with van der Waals surface area (Å²) in [4.78, 5) is 8.61. The van der Waals surface area contributed by atoms with Crippen LogP contribution in [0.25, 0.3) is 11.1 Å². The van der Waals surface area contributed by atoms with E-state index in [0.717, 1.165) is 34.5 Å². The molecule has 0 aliphatic heterocycles. The fourth-order valence-electron chi connectivity index (χ4n) is 2.76. The molecule has 3 rings (SSSR count). The summed E-state index contributed by atoms with van der Waals surface area (Å²) in [6.45, 7) is 4.62. The van der Waals surface area contributed by atoms with E-state index >= 15 is 0 Å². The summed E-state index contributed by atoms with van der Waals surface area (Å²) in [5.41, 5.74) is 10.6. The van der Waals surface area contributed by atoms with Crippen molar-refractivity contribution in [1.82, 2.24) is 9.97 Å². The van der Waals surface area contributed by atoms with Crippen LogP contribution in [0.3, 0.4) is 0 Å². The minimum atomic E-state index is -0.235. The van der Waals surface area contributed by atoms with Crippen molar-refractivity contribution in [3.05, 3.63) is 71.4 Å². The SMILES string of the molecule is CCc1ncc(N)c(NCc2cccc(-c3cccc(F)c3)c2C)n1. The highest BCUT2D eigenvalue weighted by atomic mass is 19.1. The molecule has 2 aromatic carbocycles. The zero-order valence-corrected chi connectivity index (χ0v) is 14.4. The van der Waals surface area contributed by atoms with Gasteiger partial charge in [-0.15, -0.1) is 0 Å². The molecule has 3 N–H and O–H groups in total. The Labute approximate surface area is 146 Å². The summed E-state index contributed by atoms with van der Waals surface area (Å²) in [5.74, 6) is 1.16. The molecule has 0 unspecified atom stereocenters. The van der Waals surface area contributed by atoms with E-state index in [0.29, 0.717) is 18.1 Å². The molecular formula is C20H21FN4. The van der Waals surface area contributed by atoms with Crippen molar-refractivity contribution in [3.63, 3.8) is 0 Å². The van der Waals surface area contributed by atoms with Crippen LogP contribution in [-0.4, -0.2) is 9.97 Å². The van der Waals surface area contributed by atoms with Gasteiger partial charge >= 0.3 is 0 Å². The van der Waals surface area contributed by atoms with Crippen molar-refractivity contribution in [2.24, 2.45) is 0 Å². The molecule has 4 nitrogen and oxygen atoms in total. The van der Waals surface area contributed by atoms with Gasteiger partial charge in [0.05, 0.1) is 11.9 Å². The van der Waals surface area contributed by atoms with Crippen molar-refractivity contribution < 1.29 is 4.39 Å². The Balaban J connectivity index is 1.86. The van der Waals surface area contributed by atoms with Gasteiger partial charge in [0, 0.05) is 13.0 Å². The minimum Gasteiger partial charge on any atom is -0.394 e. The largest absolute Gasteiger partial charge is 0.394 e. The van der Waals surface area contributed by atoms with Crippen LogP contribution in [0.1, 0.15) is 23.9 Å². The number of nitrogen functional groups attached to an aromatic ring is 1. The number of hydrogen-bond acceptors (Lipinski definition) is 4. The van der Waals surface area contributed by atoms with Gasteiger partial charge in [0.2, 0.25) is 0 Å². The van der Waals surface area contributed by atoms with E-state index in [4.69, 9.17) is 5.73 Å². The number of aromatic nitrogens is 2. The molecule has 1 heterocycles. The lowest BCUT2D eigenvalue weighted by Crippen LogP contribution is -2.08. The number of rotatable bonds is 5. The molecule has 25 heavy (non-hydrogen) atoms. The molecule has 0 aliphatic rings. The van der Waals surface area contributed by atoms with Crippen LogP contribution in [0.15, 0.2) is 48.7 Å². The van der Waals surface area contributed by atoms with Crippen molar-refractivity contribution in [2.75, 3.05) is 11.1 Å². The van der Waals surface area contributed by atoms with Gasteiger partial charge in [-0.05, 0) is 41.3 Å². The Morgan fingerprint density at radius 2 is 1.96 bits per heavy atom. The fourth-order valence-corrected chi connectivity index (χ4v) is 2.76. The number of nitrogens with two attached hydrogens (primary N) is 1. The van der Waals surface area contributed by atoms with E-state index < -0.39 is 0 Å². The first kappa shape index (κ1) is 16.9. The predicted molar refractivity (Wildman–Crippen MR) is 99.7 cm³/mol. The Morgan fingerprint density at radius 1 is 1.16 bits per heavy atom. The summed E-state index contributed by atoms with van der Waals surface area (Å²) >= 11 is 0. The number of aryl methyl sites for hydroxylation is 1. The molecule has 0 fully saturated rings. The lowest BCUT2D eigenvalue weighted by atomic mass is 9.96. The lowest BCUT2D eigenvalue weighted by molar-refractivity contribution is 0.628. The van der Waals surface area contributed by atoms with Crippen LogP contribution in [-0.2, 0) is 13.0 Å². The van der Waals surface area contributed by atoms with Crippen molar-refractivity contribution in [1.29, 1.82) is 0 Å². The van der Waals surface area contributed by atoms with Gasteiger partial charge in [-0.25, -0.2) is 14.4 Å². The maximum atomic E-state index is 13.5. The fraction of sp³-hybridized carbons (Fsp3) is 0.200. The second-order valence-electron chi connectivity index (χ2n) is 5.90. The first-order valence-electron chi connectivity index (χ1n) is 8.28. The summed E-state index contributed by atoms with van der Waals surface area (Å²) in [7, 11) is 0. The first-order chi connectivity index (χ1) is 12.1. The summed E-state index contributed by atoms with van der Waals surface area (Å²) < 4.78 is 13.5. The molecule has 0 radical (unpaired) electrons. The molecule has 1 aromatic heterocycles. The monoisotopic (exact) mass is 336 g/mol. The van der Waals surface area contributed by atoms with Crippen molar-refractivity contribution in [3.8, 4) is 11.1 Å². The average Bonchev–Trinajstić information content (AvgIpc) is 2.62. The maximum absolute atomic E-state index is 13.5. The molecule has 0 spiro atoms. The highest BCUT2D eigenvalue weighted by Crippen LogP contribution is 2.27. The van der Waals surface area contributed by atoms with E-state index in [-0.39, 0.29) is 5.82 Å². The van der Waals surface area contributed by atoms with E-state index in [9.17, 15) is 4.39 Å². The number of benzene rings is 2. The van der Waals surface area contributed by atoms with Gasteiger partial charge in [0.25, 0.3) is 0 Å². The molecule has 0 atom stereocenters. The van der Waals surface area contributed by atoms with Crippen LogP contribution in [0.2, 0.25) is 0 Å². The predicted octanol–water partition coefficient (Wildman–Crippen LogP) is 4.35. The highest BCUT2D eigenvalue weighted by molar-refractivity contribution is 5.69. The summed E-state index contributed by atoms with van der Waals surface area (Å²) in [6.07, 6.45) is 2.38. The van der Waals surface area contributed by atoms with E-state index in [1.807, 2.05) is 38.1 Å². The van der Waals surface area contributed by atoms with Gasteiger partial charge in [-0.2, -0.15) is 0 Å². The number of halogens is 1. The average molecular weight is 336 g/mol. The van der Waals surface area contributed by atoms with Crippen molar-refractivity contribution >= 4 is 11.5 Å². The van der Waals surface area contributed by atoms with Crippen LogP contribution >= 0.6 is 0 Å². The van der Waals surface area contributed by atoms with Gasteiger partial charge in [-0.1, -0.05) is 37.3 Å². The van der Waals surface area contributed by atoms with Gasteiger partial charge in [0.1, 0.15) is 11.6 Å². The highest BCUT2D eigenvalue weighted by Gasteiger charge is 2.09. The van der Waals surface area contributed by atoms with Gasteiger partial charge < -0.3 is 11.1 Å². The number of hydrogen-bond donors (Lipinski definition) is 2. The number of nitrogens with zero attached hydrogens (tertiary/aromatic N) is 2. The zero-order valence-electron chi connectivity index (χ0n) is 14.4. The second-order valence-corrected chi connectivity index (χ2v) is 5.90. The van der Waals surface area contributed by atoms with Crippen LogP contribution in [0.4, 0.5) is 15.9 Å². The van der Waals surface area contributed by atoms with E-state index in [1.165, 1.54) is 6.07 Å². The third-order valence-corrected chi connectivity index (χ3v) is 4.21. The Hall–Kier alpha value is -2.95. The maximum Gasteiger partial charge on any atom is 0.153 e.